The van der Waals surface area contributed by atoms with Gasteiger partial charge >= 0.3 is 0 Å². The minimum atomic E-state index is -0.186. The Morgan fingerprint density at radius 1 is 1.21 bits per heavy atom. The van der Waals surface area contributed by atoms with E-state index in [1.807, 2.05) is 18.2 Å². The van der Waals surface area contributed by atoms with E-state index < -0.39 is 0 Å². The van der Waals surface area contributed by atoms with E-state index in [2.05, 4.69) is 23.9 Å². The van der Waals surface area contributed by atoms with Gasteiger partial charge in [-0.05, 0) is 86.5 Å². The van der Waals surface area contributed by atoms with Gasteiger partial charge in [0.2, 0.25) is 0 Å². The molecule has 0 saturated heterocycles. The maximum atomic E-state index is 13.8. The summed E-state index contributed by atoms with van der Waals surface area (Å²) in [6, 6.07) is 12.6. The first-order valence-electron chi connectivity index (χ1n) is 8.16. The quantitative estimate of drug-likeness (QED) is 0.728. The van der Waals surface area contributed by atoms with Crippen LogP contribution in [0.4, 0.5) is 10.1 Å². The van der Waals surface area contributed by atoms with Crippen molar-refractivity contribution in [2.45, 2.75) is 43.5 Å². The summed E-state index contributed by atoms with van der Waals surface area (Å²) in [6.07, 6.45) is 2.05. The standard InChI is InChI=1S/C19H21FN2OS/c1-12(2)22-24-16-5-3-4-14(10-16)19(23)21-15-8-9-18(20)17(11-15)13-6-7-13/h3-5,8-13,22H,6-7H2,1-2H3,(H,21,23). The molecule has 1 aliphatic rings. The highest BCUT2D eigenvalue weighted by Crippen LogP contribution is 2.42. The van der Waals surface area contributed by atoms with Crippen LogP contribution in [0.15, 0.2) is 47.4 Å². The number of nitrogens with one attached hydrogen (secondary N) is 2. The number of halogens is 1. The smallest absolute Gasteiger partial charge is 0.255 e. The van der Waals surface area contributed by atoms with Gasteiger partial charge in [0, 0.05) is 22.2 Å². The van der Waals surface area contributed by atoms with E-state index in [0.29, 0.717) is 28.8 Å². The summed E-state index contributed by atoms with van der Waals surface area (Å²) in [7, 11) is 0. The number of benzene rings is 2. The van der Waals surface area contributed by atoms with Crippen LogP contribution < -0.4 is 10.0 Å². The highest BCUT2D eigenvalue weighted by molar-refractivity contribution is 7.97. The van der Waals surface area contributed by atoms with Gasteiger partial charge in [0.1, 0.15) is 5.82 Å². The van der Waals surface area contributed by atoms with Crippen LogP contribution in [0.25, 0.3) is 0 Å². The van der Waals surface area contributed by atoms with E-state index in [1.54, 1.807) is 18.2 Å². The van der Waals surface area contributed by atoms with E-state index >= 15 is 0 Å². The van der Waals surface area contributed by atoms with Gasteiger partial charge in [-0.1, -0.05) is 6.07 Å². The van der Waals surface area contributed by atoms with Crippen molar-refractivity contribution in [2.24, 2.45) is 0 Å². The van der Waals surface area contributed by atoms with Crippen LogP contribution >= 0.6 is 11.9 Å². The van der Waals surface area contributed by atoms with E-state index in [-0.39, 0.29) is 11.7 Å². The second-order valence-electron chi connectivity index (χ2n) is 6.37. The molecule has 3 nitrogen and oxygen atoms in total. The summed E-state index contributed by atoms with van der Waals surface area (Å²) in [4.78, 5) is 13.4. The van der Waals surface area contributed by atoms with E-state index in [1.165, 1.54) is 18.0 Å². The lowest BCUT2D eigenvalue weighted by molar-refractivity contribution is 0.102. The van der Waals surface area contributed by atoms with Gasteiger partial charge in [-0.15, -0.1) is 0 Å². The number of hydrogen-bond acceptors (Lipinski definition) is 3. The number of rotatable bonds is 6. The minimum Gasteiger partial charge on any atom is -0.322 e. The van der Waals surface area contributed by atoms with Crippen LogP contribution in [-0.2, 0) is 0 Å². The molecule has 1 saturated carbocycles. The Morgan fingerprint density at radius 2 is 2.00 bits per heavy atom. The fourth-order valence-corrected chi connectivity index (χ4v) is 3.12. The molecule has 2 N–H and O–H groups in total. The van der Waals surface area contributed by atoms with Gasteiger partial charge in [-0.2, -0.15) is 0 Å². The molecule has 24 heavy (non-hydrogen) atoms. The molecule has 0 aliphatic heterocycles. The zero-order valence-corrected chi connectivity index (χ0v) is 14.6. The van der Waals surface area contributed by atoms with Crippen molar-refractivity contribution in [3.05, 3.63) is 59.4 Å². The van der Waals surface area contributed by atoms with Crippen molar-refractivity contribution in [1.82, 2.24) is 4.72 Å². The lowest BCUT2D eigenvalue weighted by Gasteiger charge is -2.10. The molecule has 0 aromatic heterocycles. The Hall–Kier alpha value is -1.85. The predicted octanol–water partition coefficient (Wildman–Crippen LogP) is 4.96. The zero-order chi connectivity index (χ0) is 17.1. The first-order chi connectivity index (χ1) is 11.5. The average molecular weight is 344 g/mol. The van der Waals surface area contributed by atoms with Crippen LogP contribution in [0.1, 0.15) is 48.5 Å². The minimum absolute atomic E-state index is 0.185. The summed E-state index contributed by atoms with van der Waals surface area (Å²) in [6.45, 7) is 4.13. The summed E-state index contributed by atoms with van der Waals surface area (Å²) in [5.74, 6) is -0.0623. The van der Waals surface area contributed by atoms with Crippen molar-refractivity contribution in [2.75, 3.05) is 5.32 Å². The maximum absolute atomic E-state index is 13.8. The van der Waals surface area contributed by atoms with E-state index in [9.17, 15) is 9.18 Å². The first-order valence-corrected chi connectivity index (χ1v) is 8.98. The molecule has 126 valence electrons. The molecule has 5 heteroatoms. The fraction of sp³-hybridized carbons (Fsp3) is 0.316. The Labute approximate surface area is 146 Å². The second-order valence-corrected chi connectivity index (χ2v) is 7.28. The van der Waals surface area contributed by atoms with Gasteiger partial charge in [-0.25, -0.2) is 4.39 Å². The number of anilines is 1. The molecule has 0 atom stereocenters. The Morgan fingerprint density at radius 3 is 2.71 bits per heavy atom. The normalized spacial score (nSPS) is 14.0. The van der Waals surface area contributed by atoms with Crippen molar-refractivity contribution in [3.8, 4) is 0 Å². The van der Waals surface area contributed by atoms with Gasteiger partial charge in [0.25, 0.3) is 5.91 Å². The Kier molecular flexibility index (Phi) is 5.21. The number of amides is 1. The molecule has 3 rings (SSSR count). The lowest BCUT2D eigenvalue weighted by Crippen LogP contribution is -2.14. The topological polar surface area (TPSA) is 41.1 Å². The summed E-state index contributed by atoms with van der Waals surface area (Å²) < 4.78 is 17.1. The summed E-state index contributed by atoms with van der Waals surface area (Å²) in [5, 5.41) is 2.87. The Bertz CT molecular complexity index is 744. The molecule has 2 aromatic carbocycles. The third kappa shape index (κ3) is 4.36. The number of hydrogen-bond donors (Lipinski definition) is 2. The molecular weight excluding hydrogens is 323 g/mol. The van der Waals surface area contributed by atoms with Crippen molar-refractivity contribution >= 4 is 23.5 Å². The predicted molar refractivity (Wildman–Crippen MR) is 96.9 cm³/mol. The molecule has 0 heterocycles. The third-order valence-electron chi connectivity index (χ3n) is 3.78. The van der Waals surface area contributed by atoms with E-state index in [0.717, 1.165) is 17.7 Å². The van der Waals surface area contributed by atoms with Crippen LogP contribution in [0.3, 0.4) is 0 Å². The maximum Gasteiger partial charge on any atom is 0.255 e. The molecule has 0 spiro atoms. The average Bonchev–Trinajstić information content (AvgIpc) is 3.40. The number of carbonyl (C=O) groups excluding carboxylic acids is 1. The Balaban J connectivity index is 1.70. The van der Waals surface area contributed by atoms with Crippen molar-refractivity contribution in [1.29, 1.82) is 0 Å². The molecule has 1 fully saturated rings. The van der Waals surface area contributed by atoms with Crippen LogP contribution in [0, 0.1) is 5.82 Å². The summed E-state index contributed by atoms with van der Waals surface area (Å²) >= 11 is 1.50. The molecule has 1 amide bonds. The van der Waals surface area contributed by atoms with Crippen molar-refractivity contribution < 1.29 is 9.18 Å². The van der Waals surface area contributed by atoms with Crippen LogP contribution in [0.2, 0.25) is 0 Å². The van der Waals surface area contributed by atoms with Crippen molar-refractivity contribution in [3.63, 3.8) is 0 Å². The largest absolute Gasteiger partial charge is 0.322 e. The molecule has 2 aromatic rings. The fourth-order valence-electron chi connectivity index (χ4n) is 2.42. The monoisotopic (exact) mass is 344 g/mol. The highest BCUT2D eigenvalue weighted by Gasteiger charge is 2.26. The molecular formula is C19H21FN2OS. The van der Waals surface area contributed by atoms with Gasteiger partial charge in [0.05, 0.1) is 0 Å². The lowest BCUT2D eigenvalue weighted by atomic mass is 10.1. The molecule has 0 radical (unpaired) electrons. The third-order valence-corrected chi connectivity index (χ3v) is 4.86. The highest BCUT2D eigenvalue weighted by atomic mass is 32.2. The van der Waals surface area contributed by atoms with Crippen LogP contribution in [0.5, 0.6) is 0 Å². The number of carbonyl (C=O) groups is 1. The SMILES string of the molecule is CC(C)NSc1cccc(C(=O)Nc2ccc(F)c(C3CC3)c2)c1. The second kappa shape index (κ2) is 7.36. The van der Waals surface area contributed by atoms with Gasteiger partial charge < -0.3 is 5.32 Å². The molecule has 1 aliphatic carbocycles. The first kappa shape index (κ1) is 17.0. The molecule has 0 unspecified atom stereocenters. The van der Waals surface area contributed by atoms with Crippen LogP contribution in [-0.4, -0.2) is 11.9 Å². The molecule has 0 bridgehead atoms. The van der Waals surface area contributed by atoms with Gasteiger partial charge in [0.15, 0.2) is 0 Å². The van der Waals surface area contributed by atoms with Gasteiger partial charge in [-0.3, -0.25) is 9.52 Å². The van der Waals surface area contributed by atoms with E-state index in [4.69, 9.17) is 0 Å². The zero-order valence-electron chi connectivity index (χ0n) is 13.8. The summed E-state index contributed by atoms with van der Waals surface area (Å²) in [5.41, 5.74) is 1.93.